The molecule has 12 heavy (non-hydrogen) atoms. The molecule has 0 fully saturated rings. The van der Waals surface area contributed by atoms with Crippen molar-refractivity contribution in [1.29, 1.82) is 0 Å². The second-order valence-electron chi connectivity index (χ2n) is 2.81. The summed E-state index contributed by atoms with van der Waals surface area (Å²) in [5.74, 6) is 0. The first-order valence-corrected chi connectivity index (χ1v) is 4.52. The van der Waals surface area contributed by atoms with Crippen molar-refractivity contribution in [3.8, 4) is 0 Å². The van der Waals surface area contributed by atoms with E-state index >= 15 is 0 Å². The molecule has 0 aliphatic heterocycles. The Morgan fingerprint density at radius 3 is 3.00 bits per heavy atom. The summed E-state index contributed by atoms with van der Waals surface area (Å²) >= 11 is 4.66. The Morgan fingerprint density at radius 1 is 1.50 bits per heavy atom. The van der Waals surface area contributed by atoms with Gasteiger partial charge in [0.05, 0.1) is 5.49 Å². The van der Waals surface area contributed by atoms with E-state index in [0.29, 0.717) is 0 Å². The van der Waals surface area contributed by atoms with E-state index in [1.54, 1.807) is 5.49 Å². The van der Waals surface area contributed by atoms with Crippen LogP contribution in [0.15, 0.2) is 24.3 Å². The van der Waals surface area contributed by atoms with Crippen molar-refractivity contribution in [1.82, 2.24) is 5.32 Å². The zero-order chi connectivity index (χ0) is 8.81. The number of benzene rings is 1. The van der Waals surface area contributed by atoms with E-state index in [0.717, 1.165) is 13.0 Å². The van der Waals surface area contributed by atoms with Crippen LogP contribution in [0.3, 0.4) is 0 Å². The second-order valence-corrected chi connectivity index (χ2v) is 3.05. The van der Waals surface area contributed by atoms with Gasteiger partial charge in [-0.15, -0.1) is 0 Å². The van der Waals surface area contributed by atoms with E-state index in [-0.39, 0.29) is 0 Å². The number of thiocarbonyl (C=S) groups is 1. The Labute approximate surface area is 78.8 Å². The first-order valence-electron chi connectivity index (χ1n) is 4.05. The topological polar surface area (TPSA) is 12.0 Å². The first kappa shape index (κ1) is 9.20. The Bertz CT molecular complexity index is 258. The average molecular weight is 179 g/mol. The number of nitrogens with one attached hydrogen (secondary N) is 1. The minimum Gasteiger partial charge on any atom is -0.382 e. The fraction of sp³-hybridized carbons (Fsp3) is 0.300. The molecule has 1 aromatic carbocycles. The van der Waals surface area contributed by atoms with Crippen LogP contribution < -0.4 is 5.32 Å². The molecule has 0 atom stereocenters. The van der Waals surface area contributed by atoms with Crippen LogP contribution >= 0.6 is 12.2 Å². The summed E-state index contributed by atoms with van der Waals surface area (Å²) in [6.45, 7) is 3.03. The first-order chi connectivity index (χ1) is 5.83. The van der Waals surface area contributed by atoms with Crippen molar-refractivity contribution in [2.24, 2.45) is 0 Å². The van der Waals surface area contributed by atoms with E-state index in [2.05, 4.69) is 48.7 Å². The normalized spacial score (nSPS) is 9.42. The molecule has 0 amide bonds. The van der Waals surface area contributed by atoms with Crippen LogP contribution in [0.4, 0.5) is 0 Å². The molecular weight excluding hydrogens is 166 g/mol. The molecule has 0 spiro atoms. The molecule has 0 saturated carbocycles. The fourth-order valence-corrected chi connectivity index (χ4v) is 1.26. The second kappa shape index (κ2) is 4.88. The van der Waals surface area contributed by atoms with E-state index < -0.39 is 0 Å². The molecule has 0 saturated heterocycles. The van der Waals surface area contributed by atoms with Crippen molar-refractivity contribution in [2.75, 3.05) is 6.54 Å². The lowest BCUT2D eigenvalue weighted by Crippen LogP contribution is -2.13. The lowest BCUT2D eigenvalue weighted by atomic mass is 10.1. The van der Waals surface area contributed by atoms with Gasteiger partial charge in [-0.05, 0) is 18.9 Å². The lowest BCUT2D eigenvalue weighted by Gasteiger charge is -2.01. The third-order valence-corrected chi connectivity index (χ3v) is 1.89. The molecule has 0 heterocycles. The molecule has 0 aliphatic carbocycles. The minimum atomic E-state index is 0.924. The Morgan fingerprint density at radius 2 is 2.33 bits per heavy atom. The Kier molecular flexibility index (Phi) is 3.74. The standard InChI is InChI=1S/C10H13NS/c1-9-3-2-4-10(7-9)5-6-11-8-12/h2-4,7-8H,5-6H2,1H3,(H,11,12). The van der Waals surface area contributed by atoms with Crippen LogP contribution in [0.1, 0.15) is 11.1 Å². The van der Waals surface area contributed by atoms with Crippen molar-refractivity contribution >= 4 is 17.7 Å². The summed E-state index contributed by atoms with van der Waals surface area (Å²) in [6, 6.07) is 8.53. The lowest BCUT2D eigenvalue weighted by molar-refractivity contribution is 0.885. The van der Waals surface area contributed by atoms with Crippen molar-refractivity contribution in [2.45, 2.75) is 13.3 Å². The van der Waals surface area contributed by atoms with Gasteiger partial charge in [-0.1, -0.05) is 42.0 Å². The fourth-order valence-electron chi connectivity index (χ4n) is 1.14. The Hall–Kier alpha value is -0.890. The van der Waals surface area contributed by atoms with Gasteiger partial charge in [-0.2, -0.15) is 0 Å². The van der Waals surface area contributed by atoms with Gasteiger partial charge in [-0.3, -0.25) is 0 Å². The number of hydrogen-bond donors (Lipinski definition) is 1. The SMILES string of the molecule is Cc1cccc(CCNC=S)c1. The molecule has 0 unspecified atom stereocenters. The molecule has 1 rings (SSSR count). The third-order valence-electron chi connectivity index (χ3n) is 1.72. The van der Waals surface area contributed by atoms with Gasteiger partial charge < -0.3 is 5.32 Å². The molecule has 64 valence electrons. The Balaban J connectivity index is 2.46. The van der Waals surface area contributed by atoms with Crippen molar-refractivity contribution in [3.05, 3.63) is 35.4 Å². The van der Waals surface area contributed by atoms with Crippen LogP contribution in [0.2, 0.25) is 0 Å². The van der Waals surface area contributed by atoms with Gasteiger partial charge in [0.1, 0.15) is 0 Å². The molecule has 0 bridgehead atoms. The third kappa shape index (κ3) is 3.01. The predicted molar refractivity (Wildman–Crippen MR) is 56.5 cm³/mol. The average Bonchev–Trinajstić information content (AvgIpc) is 2.05. The highest BCUT2D eigenvalue weighted by molar-refractivity contribution is 7.78. The largest absolute Gasteiger partial charge is 0.382 e. The molecule has 0 radical (unpaired) electrons. The zero-order valence-electron chi connectivity index (χ0n) is 7.21. The molecule has 1 aromatic rings. The maximum atomic E-state index is 4.66. The van der Waals surface area contributed by atoms with E-state index in [9.17, 15) is 0 Å². The van der Waals surface area contributed by atoms with Crippen LogP contribution in [0.5, 0.6) is 0 Å². The zero-order valence-corrected chi connectivity index (χ0v) is 8.03. The van der Waals surface area contributed by atoms with Gasteiger partial charge in [0, 0.05) is 6.54 Å². The van der Waals surface area contributed by atoms with Gasteiger partial charge in [-0.25, -0.2) is 0 Å². The quantitative estimate of drug-likeness (QED) is 0.561. The van der Waals surface area contributed by atoms with E-state index in [4.69, 9.17) is 0 Å². The highest BCUT2D eigenvalue weighted by Gasteiger charge is 1.91. The van der Waals surface area contributed by atoms with Gasteiger partial charge in [0.15, 0.2) is 0 Å². The molecule has 2 heteroatoms. The summed E-state index contributed by atoms with van der Waals surface area (Å²) in [4.78, 5) is 0. The van der Waals surface area contributed by atoms with Crippen molar-refractivity contribution in [3.63, 3.8) is 0 Å². The summed E-state index contributed by atoms with van der Waals surface area (Å²) < 4.78 is 0. The van der Waals surface area contributed by atoms with Crippen LogP contribution in [0, 0.1) is 6.92 Å². The molecule has 1 N–H and O–H groups in total. The molecule has 1 nitrogen and oxygen atoms in total. The summed E-state index contributed by atoms with van der Waals surface area (Å²) in [7, 11) is 0. The highest BCUT2D eigenvalue weighted by Crippen LogP contribution is 2.03. The molecule has 0 aliphatic rings. The molecular formula is C10H13NS. The van der Waals surface area contributed by atoms with Crippen LogP contribution in [-0.4, -0.2) is 12.0 Å². The summed E-state index contributed by atoms with van der Waals surface area (Å²) in [5, 5.41) is 3.01. The van der Waals surface area contributed by atoms with Crippen LogP contribution in [0.25, 0.3) is 0 Å². The summed E-state index contributed by atoms with van der Waals surface area (Å²) in [5.41, 5.74) is 4.24. The smallest absolute Gasteiger partial charge is 0.0614 e. The maximum absolute atomic E-state index is 4.66. The monoisotopic (exact) mass is 179 g/mol. The highest BCUT2D eigenvalue weighted by atomic mass is 32.1. The summed E-state index contributed by atoms with van der Waals surface area (Å²) in [6.07, 6.45) is 1.04. The predicted octanol–water partition coefficient (Wildman–Crippen LogP) is 2.08. The van der Waals surface area contributed by atoms with Gasteiger partial charge >= 0.3 is 0 Å². The van der Waals surface area contributed by atoms with Gasteiger partial charge in [0.25, 0.3) is 0 Å². The number of hydrogen-bond acceptors (Lipinski definition) is 1. The number of aryl methyl sites for hydroxylation is 1. The minimum absolute atomic E-state index is 0.924. The maximum Gasteiger partial charge on any atom is 0.0614 e. The number of rotatable bonds is 4. The van der Waals surface area contributed by atoms with E-state index in [1.807, 2.05) is 0 Å². The molecule has 0 aromatic heterocycles. The van der Waals surface area contributed by atoms with Crippen LogP contribution in [-0.2, 0) is 6.42 Å². The van der Waals surface area contributed by atoms with E-state index in [1.165, 1.54) is 11.1 Å². The van der Waals surface area contributed by atoms with Gasteiger partial charge in [0.2, 0.25) is 0 Å². The van der Waals surface area contributed by atoms with Crippen molar-refractivity contribution < 1.29 is 0 Å².